The minimum Gasteiger partial charge on any atom is -0.354 e. The van der Waals surface area contributed by atoms with E-state index in [1.165, 1.54) is 24.8 Å². The number of nitrogens with one attached hydrogen (secondary N) is 1. The number of hydrogen-bond acceptors (Lipinski definition) is 7. The Morgan fingerprint density at radius 1 is 1.38 bits per heavy atom. The van der Waals surface area contributed by atoms with Crippen molar-refractivity contribution < 1.29 is 9.32 Å². The predicted octanol–water partition coefficient (Wildman–Crippen LogP) is 1.16. The largest absolute Gasteiger partial charge is 0.354 e. The van der Waals surface area contributed by atoms with E-state index in [1.54, 1.807) is 18.2 Å². The van der Waals surface area contributed by atoms with E-state index in [-0.39, 0.29) is 5.69 Å². The van der Waals surface area contributed by atoms with Gasteiger partial charge in [0, 0.05) is 12.4 Å². The lowest BCUT2D eigenvalue weighted by Gasteiger charge is -2.00. The van der Waals surface area contributed by atoms with Crippen LogP contribution in [0.4, 0.5) is 5.82 Å². The highest BCUT2D eigenvalue weighted by molar-refractivity contribution is 6.06. The molecule has 3 aromatic rings. The minimum absolute atomic E-state index is 0.188. The third kappa shape index (κ3) is 2.54. The van der Waals surface area contributed by atoms with Crippen molar-refractivity contribution >= 4 is 28.9 Å². The molecule has 0 bridgehead atoms. The zero-order valence-corrected chi connectivity index (χ0v) is 10.7. The van der Waals surface area contributed by atoms with E-state index in [1.807, 2.05) is 0 Å². The van der Waals surface area contributed by atoms with E-state index in [0.717, 1.165) is 5.56 Å². The van der Waals surface area contributed by atoms with Gasteiger partial charge in [0.15, 0.2) is 11.4 Å². The lowest BCUT2D eigenvalue weighted by Crippen LogP contribution is -2.14. The molecule has 3 N–H and O–H groups in total. The second-order valence-electron chi connectivity index (χ2n) is 4.11. The van der Waals surface area contributed by atoms with Crippen molar-refractivity contribution in [2.24, 2.45) is 10.9 Å². The van der Waals surface area contributed by atoms with Crippen molar-refractivity contribution in [2.45, 2.75) is 0 Å². The fourth-order valence-corrected chi connectivity index (χ4v) is 1.80. The van der Waals surface area contributed by atoms with Gasteiger partial charge in [-0.2, -0.15) is 5.10 Å². The molecule has 8 heteroatoms. The van der Waals surface area contributed by atoms with Crippen LogP contribution in [0.1, 0.15) is 16.1 Å². The van der Waals surface area contributed by atoms with Crippen LogP contribution in [-0.4, -0.2) is 27.2 Å². The van der Waals surface area contributed by atoms with Crippen molar-refractivity contribution in [3.05, 3.63) is 48.0 Å². The van der Waals surface area contributed by atoms with Gasteiger partial charge in [0.1, 0.15) is 5.69 Å². The van der Waals surface area contributed by atoms with Crippen LogP contribution in [0.15, 0.2) is 46.4 Å². The lowest BCUT2D eigenvalue weighted by atomic mass is 10.2. The molecule has 0 aliphatic rings. The standard InChI is InChI=1S/C13H10N6O2/c14-17-6-8-1-2-11-9(5-8)12(19-21-11)18-13(20)10-7-15-3-4-16-10/h1-7H,14H2,(H,18,19,20). The van der Waals surface area contributed by atoms with Gasteiger partial charge >= 0.3 is 0 Å². The van der Waals surface area contributed by atoms with Crippen molar-refractivity contribution in [1.82, 2.24) is 15.1 Å². The van der Waals surface area contributed by atoms with E-state index in [0.29, 0.717) is 16.8 Å². The quantitative estimate of drug-likeness (QED) is 0.422. The van der Waals surface area contributed by atoms with Crippen LogP contribution in [0.5, 0.6) is 0 Å². The van der Waals surface area contributed by atoms with Crippen LogP contribution in [-0.2, 0) is 0 Å². The van der Waals surface area contributed by atoms with Gasteiger partial charge in [0.25, 0.3) is 5.91 Å². The summed E-state index contributed by atoms with van der Waals surface area (Å²) in [7, 11) is 0. The topological polar surface area (TPSA) is 119 Å². The van der Waals surface area contributed by atoms with E-state index < -0.39 is 5.91 Å². The number of carbonyl (C=O) groups is 1. The van der Waals surface area contributed by atoms with Gasteiger partial charge in [-0.25, -0.2) is 4.98 Å². The zero-order chi connectivity index (χ0) is 14.7. The molecule has 0 aliphatic heterocycles. The number of rotatable bonds is 3. The smallest absolute Gasteiger partial charge is 0.277 e. The second-order valence-corrected chi connectivity index (χ2v) is 4.11. The summed E-state index contributed by atoms with van der Waals surface area (Å²) in [5.74, 6) is 5.00. The maximum absolute atomic E-state index is 12.0. The lowest BCUT2D eigenvalue weighted by molar-refractivity contribution is 0.102. The SMILES string of the molecule is NN=Cc1ccc2onc(NC(=O)c3cnccn3)c2c1. The summed E-state index contributed by atoms with van der Waals surface area (Å²) in [6.45, 7) is 0. The number of fused-ring (bicyclic) bond motifs is 1. The van der Waals surface area contributed by atoms with E-state index in [2.05, 4.69) is 25.5 Å². The number of benzene rings is 1. The molecule has 2 heterocycles. The molecule has 2 aromatic heterocycles. The summed E-state index contributed by atoms with van der Waals surface area (Å²) >= 11 is 0. The summed E-state index contributed by atoms with van der Waals surface area (Å²) in [5.41, 5.74) is 1.50. The molecule has 0 atom stereocenters. The Labute approximate surface area is 118 Å². The van der Waals surface area contributed by atoms with Crippen molar-refractivity contribution in [3.63, 3.8) is 0 Å². The molecular formula is C13H10N6O2. The Hall–Kier alpha value is -3.29. The Kier molecular flexibility index (Phi) is 3.26. The van der Waals surface area contributed by atoms with Crippen LogP contribution in [0.2, 0.25) is 0 Å². The van der Waals surface area contributed by atoms with Gasteiger partial charge in [-0.05, 0) is 23.8 Å². The van der Waals surface area contributed by atoms with Crippen LogP contribution < -0.4 is 11.2 Å². The normalized spacial score (nSPS) is 11.0. The summed E-state index contributed by atoms with van der Waals surface area (Å²) in [6, 6.07) is 5.25. The van der Waals surface area contributed by atoms with Gasteiger partial charge in [-0.1, -0.05) is 5.16 Å². The maximum atomic E-state index is 12.0. The van der Waals surface area contributed by atoms with Crippen LogP contribution in [0.25, 0.3) is 11.0 Å². The Morgan fingerprint density at radius 3 is 3.05 bits per heavy atom. The molecule has 3 rings (SSSR count). The van der Waals surface area contributed by atoms with Gasteiger partial charge in [-0.15, -0.1) is 0 Å². The number of nitrogens with two attached hydrogens (primary N) is 1. The Morgan fingerprint density at radius 2 is 2.29 bits per heavy atom. The zero-order valence-electron chi connectivity index (χ0n) is 10.7. The van der Waals surface area contributed by atoms with Crippen molar-refractivity contribution in [2.75, 3.05) is 5.32 Å². The molecule has 0 unspecified atom stereocenters. The Balaban J connectivity index is 1.93. The molecule has 8 nitrogen and oxygen atoms in total. The molecule has 0 saturated heterocycles. The number of carbonyl (C=O) groups excluding carboxylic acids is 1. The van der Waals surface area contributed by atoms with E-state index in [4.69, 9.17) is 10.4 Å². The fourth-order valence-electron chi connectivity index (χ4n) is 1.80. The molecule has 0 saturated carbocycles. The number of hydrazone groups is 1. The fraction of sp³-hybridized carbons (Fsp3) is 0. The molecule has 1 aromatic carbocycles. The number of anilines is 1. The van der Waals surface area contributed by atoms with E-state index >= 15 is 0 Å². The monoisotopic (exact) mass is 282 g/mol. The molecule has 0 aliphatic carbocycles. The maximum Gasteiger partial charge on any atom is 0.277 e. The van der Waals surface area contributed by atoms with Crippen LogP contribution >= 0.6 is 0 Å². The van der Waals surface area contributed by atoms with Crippen LogP contribution in [0.3, 0.4) is 0 Å². The molecule has 1 amide bonds. The van der Waals surface area contributed by atoms with Crippen molar-refractivity contribution in [3.8, 4) is 0 Å². The summed E-state index contributed by atoms with van der Waals surface area (Å²) in [5, 5.41) is 10.6. The molecule has 0 spiro atoms. The highest BCUT2D eigenvalue weighted by Gasteiger charge is 2.14. The first kappa shape index (κ1) is 12.7. The average molecular weight is 282 g/mol. The van der Waals surface area contributed by atoms with Gasteiger partial charge < -0.3 is 15.7 Å². The summed E-state index contributed by atoms with van der Waals surface area (Å²) in [6.07, 6.45) is 5.77. The first-order valence-corrected chi connectivity index (χ1v) is 5.98. The molecule has 104 valence electrons. The van der Waals surface area contributed by atoms with E-state index in [9.17, 15) is 4.79 Å². The van der Waals surface area contributed by atoms with Gasteiger partial charge in [0.05, 0.1) is 17.8 Å². The molecule has 21 heavy (non-hydrogen) atoms. The molecular weight excluding hydrogens is 272 g/mol. The highest BCUT2D eigenvalue weighted by atomic mass is 16.5. The second kappa shape index (κ2) is 5.37. The minimum atomic E-state index is -0.420. The third-order valence-corrected chi connectivity index (χ3v) is 2.75. The highest BCUT2D eigenvalue weighted by Crippen LogP contribution is 2.23. The van der Waals surface area contributed by atoms with Crippen molar-refractivity contribution in [1.29, 1.82) is 0 Å². The predicted molar refractivity (Wildman–Crippen MR) is 75.8 cm³/mol. The summed E-state index contributed by atoms with van der Waals surface area (Å²) < 4.78 is 5.14. The Bertz CT molecular complexity index is 812. The number of hydrogen-bond donors (Lipinski definition) is 2. The first-order chi connectivity index (χ1) is 10.3. The number of aromatic nitrogens is 3. The van der Waals surface area contributed by atoms with Gasteiger partial charge in [-0.3, -0.25) is 9.78 Å². The molecule has 0 fully saturated rings. The average Bonchev–Trinajstić information content (AvgIpc) is 2.91. The number of nitrogens with zero attached hydrogens (tertiary/aromatic N) is 4. The first-order valence-electron chi connectivity index (χ1n) is 5.98. The molecule has 0 radical (unpaired) electrons. The third-order valence-electron chi connectivity index (χ3n) is 2.75. The van der Waals surface area contributed by atoms with Gasteiger partial charge in [0.2, 0.25) is 0 Å². The summed E-state index contributed by atoms with van der Waals surface area (Å²) in [4.78, 5) is 19.8. The number of amides is 1. The van der Waals surface area contributed by atoms with Crippen LogP contribution in [0, 0.1) is 0 Å².